The number of piperidine rings is 2. The van der Waals surface area contributed by atoms with E-state index in [0.29, 0.717) is 33.2 Å². The Bertz CT molecular complexity index is 2360. The van der Waals surface area contributed by atoms with Crippen LogP contribution < -0.4 is 30.7 Å². The molecule has 13 nitrogen and oxygen atoms in total. The number of carbonyl (C=O) groups excluding carboxylic acids is 3. The second kappa shape index (κ2) is 16.0. The molecule has 0 bridgehead atoms. The van der Waals surface area contributed by atoms with Crippen molar-refractivity contribution in [1.82, 2.24) is 25.3 Å². The summed E-state index contributed by atoms with van der Waals surface area (Å²) in [5, 5.41) is 20.7. The van der Waals surface area contributed by atoms with Gasteiger partial charge in [-0.3, -0.25) is 29.4 Å². The number of nitrogens with one attached hydrogen (secondary N) is 2. The molecule has 0 spiro atoms. The maximum Gasteiger partial charge on any atom is 0.275 e. The number of anilines is 2. The van der Waals surface area contributed by atoms with Crippen LogP contribution in [0.1, 0.15) is 75.3 Å². The molecule has 1 saturated carbocycles. The molecule has 0 unspecified atom stereocenters. The lowest BCUT2D eigenvalue weighted by Gasteiger charge is -2.63. The summed E-state index contributed by atoms with van der Waals surface area (Å²) in [7, 11) is 0. The molecule has 308 valence electrons. The molecule has 4 aliphatic rings. The van der Waals surface area contributed by atoms with E-state index in [4.69, 9.17) is 16.3 Å². The summed E-state index contributed by atoms with van der Waals surface area (Å²) >= 11 is 6.26. The van der Waals surface area contributed by atoms with Gasteiger partial charge < -0.3 is 19.9 Å². The standard InChI is InChI=1S/C45H51ClN8O5/c1-44(2)42(45(3,4)43(44)59-34-12-8-30(25-47)36(46)24-34)50-39(56)29-5-9-32(10-6-29)52-17-15-28(16-18-52)27-51-19-21-53(22-20-51)33-11-7-31-26-48-54(41(58)35(31)23-33)37-13-14-38(55)49-40(37)57/h5-12,23-24,26,28,37,42-43H,13-22,27H2,1-4H3,(H,50,56)(H,49,55,57)/t37-,42?,43?/m0/s1. The number of benzene rings is 3. The molecule has 3 aromatic carbocycles. The number of ether oxygens (including phenoxy) is 1. The van der Waals surface area contributed by atoms with Gasteiger partial charge in [-0.25, -0.2) is 4.68 Å². The fourth-order valence-electron chi connectivity index (χ4n) is 10.0. The summed E-state index contributed by atoms with van der Waals surface area (Å²) in [5.41, 5.74) is 2.13. The van der Waals surface area contributed by atoms with Crippen LogP contribution in [0.2, 0.25) is 5.02 Å². The predicted octanol–water partition coefficient (Wildman–Crippen LogP) is 5.55. The van der Waals surface area contributed by atoms with Crippen molar-refractivity contribution in [2.75, 3.05) is 55.6 Å². The summed E-state index contributed by atoms with van der Waals surface area (Å²) in [6.45, 7) is 15.0. The van der Waals surface area contributed by atoms with E-state index in [1.807, 2.05) is 30.3 Å². The van der Waals surface area contributed by atoms with Crippen molar-refractivity contribution in [3.05, 3.63) is 93.4 Å². The minimum Gasteiger partial charge on any atom is -0.489 e. The van der Waals surface area contributed by atoms with Gasteiger partial charge in [-0.15, -0.1) is 0 Å². The Hall–Kier alpha value is -5.45. The Morgan fingerprint density at radius 1 is 0.898 bits per heavy atom. The van der Waals surface area contributed by atoms with Gasteiger partial charge in [-0.1, -0.05) is 45.4 Å². The Morgan fingerprint density at radius 3 is 2.24 bits per heavy atom. The van der Waals surface area contributed by atoms with Gasteiger partial charge in [-0.2, -0.15) is 10.4 Å². The van der Waals surface area contributed by atoms with Crippen LogP contribution in [-0.2, 0) is 9.59 Å². The molecule has 3 saturated heterocycles. The highest BCUT2D eigenvalue weighted by Gasteiger charge is 2.64. The predicted molar refractivity (Wildman–Crippen MR) is 227 cm³/mol. The minimum absolute atomic E-state index is 0.104. The first kappa shape index (κ1) is 40.3. The number of nitrogens with zero attached hydrogens (tertiary/aromatic N) is 6. The van der Waals surface area contributed by atoms with Crippen molar-refractivity contribution < 1.29 is 19.1 Å². The number of imide groups is 1. The zero-order valence-electron chi connectivity index (χ0n) is 34.0. The van der Waals surface area contributed by atoms with Crippen LogP contribution in [0, 0.1) is 28.1 Å². The number of fused-ring (bicyclic) bond motifs is 1. The first-order chi connectivity index (χ1) is 28.2. The van der Waals surface area contributed by atoms with Crippen LogP contribution in [0.15, 0.2) is 71.7 Å². The largest absolute Gasteiger partial charge is 0.489 e. The van der Waals surface area contributed by atoms with Crippen LogP contribution in [0.3, 0.4) is 0 Å². The molecule has 1 aromatic heterocycles. The first-order valence-electron chi connectivity index (χ1n) is 20.6. The molecule has 59 heavy (non-hydrogen) atoms. The van der Waals surface area contributed by atoms with E-state index >= 15 is 0 Å². The number of carbonyl (C=O) groups is 3. The molecule has 14 heteroatoms. The zero-order chi connectivity index (χ0) is 41.6. The van der Waals surface area contributed by atoms with Crippen LogP contribution in [-0.4, -0.2) is 90.4 Å². The normalized spacial score (nSPS) is 23.3. The minimum atomic E-state index is -0.790. The lowest BCUT2D eigenvalue weighted by atomic mass is 9.49. The van der Waals surface area contributed by atoms with E-state index in [9.17, 15) is 24.4 Å². The summed E-state index contributed by atoms with van der Waals surface area (Å²) < 4.78 is 7.60. The van der Waals surface area contributed by atoms with E-state index in [1.54, 1.807) is 24.4 Å². The van der Waals surface area contributed by atoms with Crippen molar-refractivity contribution in [2.45, 2.75) is 71.6 Å². The average Bonchev–Trinajstić information content (AvgIpc) is 3.23. The van der Waals surface area contributed by atoms with E-state index in [-0.39, 0.29) is 53.2 Å². The Labute approximate surface area is 349 Å². The summed E-state index contributed by atoms with van der Waals surface area (Å²) in [4.78, 5) is 58.3. The molecule has 2 N–H and O–H groups in total. The maximum absolute atomic E-state index is 13.5. The van der Waals surface area contributed by atoms with Gasteiger partial charge in [0.25, 0.3) is 17.4 Å². The number of piperazine rings is 1. The van der Waals surface area contributed by atoms with Crippen LogP contribution >= 0.6 is 11.6 Å². The number of nitriles is 1. The van der Waals surface area contributed by atoms with Crippen molar-refractivity contribution in [3.63, 3.8) is 0 Å². The highest BCUT2D eigenvalue weighted by atomic mass is 35.5. The summed E-state index contributed by atoms with van der Waals surface area (Å²) in [6.07, 6.45) is 4.08. The number of amides is 3. The van der Waals surface area contributed by atoms with E-state index in [0.717, 1.165) is 75.4 Å². The van der Waals surface area contributed by atoms with Gasteiger partial charge in [0.1, 0.15) is 24.0 Å². The smallest absolute Gasteiger partial charge is 0.275 e. The zero-order valence-corrected chi connectivity index (χ0v) is 34.8. The molecule has 4 fully saturated rings. The van der Waals surface area contributed by atoms with Crippen molar-refractivity contribution in [2.24, 2.45) is 16.7 Å². The molecule has 1 atom stereocenters. The lowest BCUT2D eigenvalue weighted by molar-refractivity contribution is -0.164. The molecule has 8 rings (SSSR count). The van der Waals surface area contributed by atoms with Gasteiger partial charge in [0.05, 0.1) is 22.2 Å². The van der Waals surface area contributed by atoms with Crippen molar-refractivity contribution in [1.29, 1.82) is 5.26 Å². The fourth-order valence-corrected chi connectivity index (χ4v) is 10.3. The topological polar surface area (TPSA) is 153 Å². The molecule has 0 radical (unpaired) electrons. The number of hydrogen-bond acceptors (Lipinski definition) is 10. The number of aromatic nitrogens is 2. The molecule has 4 heterocycles. The van der Waals surface area contributed by atoms with Gasteiger partial charge in [0, 0.05) is 97.5 Å². The monoisotopic (exact) mass is 818 g/mol. The number of rotatable bonds is 9. The van der Waals surface area contributed by atoms with Crippen molar-refractivity contribution >= 4 is 51.5 Å². The second-order valence-electron chi connectivity index (χ2n) is 17.7. The molecule has 4 aromatic rings. The number of halogens is 1. The van der Waals surface area contributed by atoms with Gasteiger partial charge in [0.2, 0.25) is 5.91 Å². The summed E-state index contributed by atoms with van der Waals surface area (Å²) in [6, 6.07) is 20.1. The maximum atomic E-state index is 13.5. The van der Waals surface area contributed by atoms with E-state index < -0.39 is 11.9 Å². The average molecular weight is 819 g/mol. The molecule has 1 aliphatic carbocycles. The Morgan fingerprint density at radius 2 is 1.58 bits per heavy atom. The third-order valence-electron chi connectivity index (χ3n) is 13.1. The van der Waals surface area contributed by atoms with E-state index in [2.05, 4.69) is 76.3 Å². The molecular formula is C45H51ClN8O5. The van der Waals surface area contributed by atoms with E-state index in [1.165, 1.54) is 4.68 Å². The van der Waals surface area contributed by atoms with Crippen LogP contribution in [0.4, 0.5) is 11.4 Å². The first-order valence-corrected chi connectivity index (χ1v) is 21.0. The Kier molecular flexibility index (Phi) is 10.9. The Balaban J connectivity index is 0.802. The van der Waals surface area contributed by atoms with Crippen LogP contribution in [0.25, 0.3) is 10.8 Å². The lowest BCUT2D eigenvalue weighted by Crippen LogP contribution is -2.74. The number of hydrogen-bond donors (Lipinski definition) is 2. The summed E-state index contributed by atoms with van der Waals surface area (Å²) in [5.74, 6) is 0.293. The third kappa shape index (κ3) is 7.88. The van der Waals surface area contributed by atoms with Gasteiger partial charge >= 0.3 is 0 Å². The van der Waals surface area contributed by atoms with Gasteiger partial charge in [-0.05, 0) is 73.7 Å². The quantitative estimate of drug-likeness (QED) is 0.206. The van der Waals surface area contributed by atoms with Gasteiger partial charge in [0.15, 0.2) is 0 Å². The third-order valence-corrected chi connectivity index (χ3v) is 13.4. The highest BCUT2D eigenvalue weighted by Crippen LogP contribution is 2.55. The van der Waals surface area contributed by atoms with Crippen LogP contribution in [0.5, 0.6) is 5.75 Å². The SMILES string of the molecule is CC1(C)C(NC(=O)c2ccc(N3CCC(CN4CCN(c5ccc6cnn([C@H]7CCC(=O)NC7=O)c(=O)c6c5)CC4)CC3)cc2)C(C)(C)C1Oc1ccc(C#N)c(Cl)c1. The fraction of sp³-hybridized carbons (Fsp3) is 0.467. The molecule has 3 amide bonds. The molecular weight excluding hydrogens is 768 g/mol. The highest BCUT2D eigenvalue weighted by molar-refractivity contribution is 6.31. The van der Waals surface area contributed by atoms with Crippen molar-refractivity contribution in [3.8, 4) is 11.8 Å². The molecule has 3 aliphatic heterocycles. The second-order valence-corrected chi connectivity index (χ2v) is 18.1.